The largest absolute Gasteiger partial charge is 0.468 e. The van der Waals surface area contributed by atoms with Crippen LogP contribution in [0.2, 0.25) is 0 Å². The van der Waals surface area contributed by atoms with Gasteiger partial charge in [0.05, 0.1) is 32.2 Å². The second-order valence-corrected chi connectivity index (χ2v) is 7.44. The molecular formula is C22H29N5O5. The van der Waals surface area contributed by atoms with Crippen LogP contribution in [0.25, 0.3) is 0 Å². The van der Waals surface area contributed by atoms with E-state index in [1.54, 1.807) is 31.6 Å². The van der Waals surface area contributed by atoms with Crippen molar-refractivity contribution in [3.8, 4) is 0 Å². The zero-order chi connectivity index (χ0) is 23.1. The SMILES string of the molecule is CCCCn1c(N)c(N(CC)C(=O)CN(Cc2ccco2)Cc2ccco2)c(=O)[nH]c1=O. The second kappa shape index (κ2) is 10.7. The summed E-state index contributed by atoms with van der Waals surface area (Å²) in [6.45, 7) is 5.05. The number of furan rings is 2. The van der Waals surface area contributed by atoms with Gasteiger partial charge in [0, 0.05) is 13.1 Å². The molecule has 172 valence electrons. The van der Waals surface area contributed by atoms with E-state index in [-0.39, 0.29) is 30.5 Å². The van der Waals surface area contributed by atoms with Crippen LogP contribution in [-0.2, 0) is 24.4 Å². The van der Waals surface area contributed by atoms with Gasteiger partial charge >= 0.3 is 5.69 Å². The number of nitrogens with one attached hydrogen (secondary N) is 1. The van der Waals surface area contributed by atoms with Gasteiger partial charge in [-0.1, -0.05) is 13.3 Å². The summed E-state index contributed by atoms with van der Waals surface area (Å²) in [4.78, 5) is 43.6. The van der Waals surface area contributed by atoms with Crippen LogP contribution in [0.15, 0.2) is 55.2 Å². The number of H-pyrrole nitrogens is 1. The van der Waals surface area contributed by atoms with Gasteiger partial charge in [-0.15, -0.1) is 0 Å². The number of carbonyl (C=O) groups excluding carboxylic acids is 1. The van der Waals surface area contributed by atoms with Crippen molar-refractivity contribution in [1.29, 1.82) is 0 Å². The molecule has 0 saturated carbocycles. The first-order chi connectivity index (χ1) is 15.4. The third-order valence-electron chi connectivity index (χ3n) is 5.11. The summed E-state index contributed by atoms with van der Waals surface area (Å²) in [6.07, 6.45) is 4.71. The van der Waals surface area contributed by atoms with E-state index in [1.165, 1.54) is 9.47 Å². The third-order valence-corrected chi connectivity index (χ3v) is 5.11. The molecule has 0 aliphatic rings. The van der Waals surface area contributed by atoms with Crippen LogP contribution in [0.5, 0.6) is 0 Å². The van der Waals surface area contributed by atoms with Gasteiger partial charge in [-0.05, 0) is 37.6 Å². The lowest BCUT2D eigenvalue weighted by Gasteiger charge is -2.26. The molecule has 32 heavy (non-hydrogen) atoms. The van der Waals surface area contributed by atoms with E-state index >= 15 is 0 Å². The normalized spacial score (nSPS) is 11.2. The molecule has 3 aromatic heterocycles. The average molecular weight is 444 g/mol. The molecule has 3 heterocycles. The highest BCUT2D eigenvalue weighted by molar-refractivity contribution is 5.96. The Bertz CT molecular complexity index is 1080. The van der Waals surface area contributed by atoms with Crippen molar-refractivity contribution in [2.24, 2.45) is 0 Å². The van der Waals surface area contributed by atoms with Crippen molar-refractivity contribution in [3.63, 3.8) is 0 Å². The van der Waals surface area contributed by atoms with E-state index in [0.29, 0.717) is 31.2 Å². The number of nitrogens with two attached hydrogens (primary N) is 1. The van der Waals surface area contributed by atoms with Crippen LogP contribution in [0.3, 0.4) is 0 Å². The molecule has 0 unspecified atom stereocenters. The van der Waals surface area contributed by atoms with Gasteiger partial charge in [0.15, 0.2) is 5.69 Å². The molecule has 0 bridgehead atoms. The number of aromatic amines is 1. The lowest BCUT2D eigenvalue weighted by atomic mass is 10.3. The molecular weight excluding hydrogens is 414 g/mol. The Morgan fingerprint density at radius 3 is 2.22 bits per heavy atom. The van der Waals surface area contributed by atoms with E-state index < -0.39 is 11.2 Å². The maximum absolute atomic E-state index is 13.3. The van der Waals surface area contributed by atoms with E-state index in [4.69, 9.17) is 14.6 Å². The molecule has 0 spiro atoms. The van der Waals surface area contributed by atoms with Gasteiger partial charge in [-0.3, -0.25) is 24.0 Å². The number of hydrogen-bond donors (Lipinski definition) is 2. The number of nitrogens with zero attached hydrogens (tertiary/aromatic N) is 3. The van der Waals surface area contributed by atoms with Crippen molar-refractivity contribution in [3.05, 3.63) is 69.2 Å². The summed E-state index contributed by atoms with van der Waals surface area (Å²) >= 11 is 0. The Balaban J connectivity index is 1.87. The Hall–Kier alpha value is -3.53. The summed E-state index contributed by atoms with van der Waals surface area (Å²) in [5, 5.41) is 0. The quantitative estimate of drug-likeness (QED) is 0.464. The van der Waals surface area contributed by atoms with Gasteiger partial charge in [0.2, 0.25) is 5.91 Å². The fourth-order valence-electron chi connectivity index (χ4n) is 3.53. The van der Waals surface area contributed by atoms with Crippen LogP contribution in [0, 0.1) is 0 Å². The number of rotatable bonds is 11. The van der Waals surface area contributed by atoms with Crippen molar-refractivity contribution >= 4 is 17.4 Å². The second-order valence-electron chi connectivity index (χ2n) is 7.44. The van der Waals surface area contributed by atoms with E-state index in [9.17, 15) is 14.4 Å². The molecule has 10 heteroatoms. The molecule has 0 saturated heterocycles. The minimum atomic E-state index is -0.681. The van der Waals surface area contributed by atoms with Crippen LogP contribution in [0.1, 0.15) is 38.2 Å². The minimum Gasteiger partial charge on any atom is -0.468 e. The number of hydrogen-bond acceptors (Lipinski definition) is 7. The van der Waals surface area contributed by atoms with Crippen LogP contribution in [-0.4, -0.2) is 33.4 Å². The van der Waals surface area contributed by atoms with Crippen molar-refractivity contribution in [1.82, 2.24) is 14.5 Å². The monoisotopic (exact) mass is 443 g/mol. The van der Waals surface area contributed by atoms with Crippen LogP contribution < -0.4 is 21.9 Å². The highest BCUT2D eigenvalue weighted by atomic mass is 16.3. The summed E-state index contributed by atoms with van der Waals surface area (Å²) in [6, 6.07) is 7.20. The van der Waals surface area contributed by atoms with E-state index in [1.807, 2.05) is 24.0 Å². The fraction of sp³-hybridized carbons (Fsp3) is 0.409. The van der Waals surface area contributed by atoms with Gasteiger partial charge in [0.25, 0.3) is 5.56 Å². The number of likely N-dealkylation sites (N-methyl/N-ethyl adjacent to an activating group) is 1. The molecule has 3 N–H and O–H groups in total. The minimum absolute atomic E-state index is 0.00832. The fourth-order valence-corrected chi connectivity index (χ4v) is 3.53. The smallest absolute Gasteiger partial charge is 0.330 e. The molecule has 3 aromatic rings. The lowest BCUT2D eigenvalue weighted by Crippen LogP contribution is -2.45. The van der Waals surface area contributed by atoms with Gasteiger partial charge in [-0.2, -0.15) is 0 Å². The number of aromatic nitrogens is 2. The molecule has 0 aliphatic carbocycles. The standard InChI is InChI=1S/C22H29N5O5/c1-3-5-10-27-20(23)19(21(29)24-22(27)30)26(4-2)18(28)15-25(13-16-8-6-11-31-16)14-17-9-7-12-32-17/h6-9,11-12H,3-5,10,13-15,23H2,1-2H3,(H,24,29,30). The van der Waals surface area contributed by atoms with Crippen LogP contribution >= 0.6 is 0 Å². The number of carbonyl (C=O) groups is 1. The zero-order valence-corrected chi connectivity index (χ0v) is 18.4. The van der Waals surface area contributed by atoms with Crippen molar-refractivity contribution < 1.29 is 13.6 Å². The lowest BCUT2D eigenvalue weighted by molar-refractivity contribution is -0.120. The predicted molar refractivity (Wildman–Crippen MR) is 120 cm³/mol. The third kappa shape index (κ3) is 5.38. The van der Waals surface area contributed by atoms with Crippen molar-refractivity contribution in [2.45, 2.75) is 46.3 Å². The van der Waals surface area contributed by atoms with Crippen molar-refractivity contribution in [2.75, 3.05) is 23.7 Å². The zero-order valence-electron chi connectivity index (χ0n) is 18.4. The molecule has 1 amide bonds. The summed E-state index contributed by atoms with van der Waals surface area (Å²) in [5.41, 5.74) is 4.93. The maximum atomic E-state index is 13.3. The molecule has 3 rings (SSSR count). The Morgan fingerprint density at radius 2 is 1.72 bits per heavy atom. The van der Waals surface area contributed by atoms with Gasteiger partial charge < -0.3 is 19.5 Å². The van der Waals surface area contributed by atoms with Gasteiger partial charge in [-0.25, -0.2) is 4.79 Å². The maximum Gasteiger partial charge on any atom is 0.330 e. The highest BCUT2D eigenvalue weighted by Crippen LogP contribution is 2.18. The number of unbranched alkanes of at least 4 members (excludes halogenated alkanes) is 1. The Morgan fingerprint density at radius 1 is 1.09 bits per heavy atom. The Kier molecular flexibility index (Phi) is 7.72. The molecule has 0 fully saturated rings. The first-order valence-electron chi connectivity index (χ1n) is 10.6. The first-order valence-corrected chi connectivity index (χ1v) is 10.6. The average Bonchev–Trinajstić information content (AvgIpc) is 3.45. The summed E-state index contributed by atoms with van der Waals surface area (Å²) in [7, 11) is 0. The Labute approximate surface area is 185 Å². The molecule has 0 aromatic carbocycles. The van der Waals surface area contributed by atoms with Crippen LogP contribution in [0.4, 0.5) is 11.5 Å². The highest BCUT2D eigenvalue weighted by Gasteiger charge is 2.25. The van der Waals surface area contributed by atoms with E-state index in [2.05, 4.69) is 4.98 Å². The number of anilines is 2. The predicted octanol–water partition coefficient (Wildman–Crippen LogP) is 2.16. The number of amides is 1. The molecule has 0 radical (unpaired) electrons. The molecule has 0 atom stereocenters. The topological polar surface area (TPSA) is 131 Å². The first kappa shape index (κ1) is 23.1. The molecule has 10 nitrogen and oxygen atoms in total. The summed E-state index contributed by atoms with van der Waals surface area (Å²) in [5.74, 6) is 1.05. The number of nitrogen functional groups attached to an aromatic ring is 1. The molecule has 0 aliphatic heterocycles. The van der Waals surface area contributed by atoms with E-state index in [0.717, 1.165) is 12.8 Å². The van der Waals surface area contributed by atoms with Gasteiger partial charge in [0.1, 0.15) is 17.3 Å². The summed E-state index contributed by atoms with van der Waals surface area (Å²) < 4.78 is 12.2.